The first-order chi connectivity index (χ1) is 8.61. The highest BCUT2D eigenvalue weighted by molar-refractivity contribution is 9.10. The van der Waals surface area contributed by atoms with Crippen LogP contribution in [0.15, 0.2) is 22.7 Å². The second-order valence-corrected chi connectivity index (χ2v) is 5.66. The Bertz CT molecular complexity index is 334. The minimum Gasteiger partial charge on any atom is -0.374 e. The Balaban J connectivity index is 2.26. The monoisotopic (exact) mass is 316 g/mol. The Morgan fingerprint density at radius 1 is 1.22 bits per heavy atom. The molecule has 0 amide bonds. The molecule has 0 spiro atoms. The molecule has 1 atom stereocenters. The maximum atomic E-state index is 13.2. The first-order valence-corrected chi connectivity index (χ1v) is 7.47. The van der Waals surface area contributed by atoms with Crippen molar-refractivity contribution in [2.45, 2.75) is 58.7 Å². The van der Waals surface area contributed by atoms with Crippen LogP contribution in [-0.4, -0.2) is 6.10 Å². The van der Waals surface area contributed by atoms with Gasteiger partial charge in [0, 0.05) is 4.47 Å². The van der Waals surface area contributed by atoms with Gasteiger partial charge in [-0.15, -0.1) is 0 Å². The molecule has 3 heteroatoms. The Morgan fingerprint density at radius 2 is 2.00 bits per heavy atom. The van der Waals surface area contributed by atoms with Gasteiger partial charge in [0.25, 0.3) is 0 Å². The van der Waals surface area contributed by atoms with Crippen LogP contribution in [0.4, 0.5) is 4.39 Å². The van der Waals surface area contributed by atoms with Crippen LogP contribution in [0.2, 0.25) is 0 Å². The quantitative estimate of drug-likeness (QED) is 0.578. The summed E-state index contributed by atoms with van der Waals surface area (Å²) in [7, 11) is 0. The predicted octanol–water partition coefficient (Wildman–Crippen LogP) is 5.46. The topological polar surface area (TPSA) is 9.23 Å². The van der Waals surface area contributed by atoms with E-state index in [9.17, 15) is 4.39 Å². The highest BCUT2D eigenvalue weighted by Gasteiger charge is 2.04. The first kappa shape index (κ1) is 15.6. The van der Waals surface area contributed by atoms with E-state index in [1.807, 2.05) is 6.07 Å². The van der Waals surface area contributed by atoms with Gasteiger partial charge < -0.3 is 4.74 Å². The summed E-state index contributed by atoms with van der Waals surface area (Å²) in [6.07, 6.45) is 6.35. The second kappa shape index (κ2) is 8.65. The maximum absolute atomic E-state index is 13.2. The molecule has 0 aromatic heterocycles. The summed E-state index contributed by atoms with van der Waals surface area (Å²) in [5.41, 5.74) is 0.877. The average Bonchev–Trinajstić information content (AvgIpc) is 2.31. The zero-order valence-electron chi connectivity index (χ0n) is 11.2. The van der Waals surface area contributed by atoms with E-state index in [1.165, 1.54) is 37.8 Å². The minimum atomic E-state index is -0.224. The SMILES string of the molecule is CCCCCCC(C)OCc1cc(F)cc(Br)c1. The van der Waals surface area contributed by atoms with Crippen molar-refractivity contribution in [2.24, 2.45) is 0 Å². The van der Waals surface area contributed by atoms with Crippen molar-refractivity contribution < 1.29 is 9.13 Å². The minimum absolute atomic E-state index is 0.224. The molecule has 0 N–H and O–H groups in total. The highest BCUT2D eigenvalue weighted by Crippen LogP contribution is 2.17. The van der Waals surface area contributed by atoms with Crippen LogP contribution in [0, 0.1) is 5.82 Å². The lowest BCUT2D eigenvalue weighted by Gasteiger charge is -2.13. The van der Waals surface area contributed by atoms with Crippen molar-refractivity contribution >= 4 is 15.9 Å². The predicted molar refractivity (Wildman–Crippen MR) is 77.1 cm³/mol. The fourth-order valence-corrected chi connectivity index (χ4v) is 2.39. The molecule has 0 aliphatic carbocycles. The molecule has 0 saturated heterocycles. The van der Waals surface area contributed by atoms with E-state index in [-0.39, 0.29) is 11.9 Å². The Hall–Kier alpha value is -0.410. The summed E-state index contributed by atoms with van der Waals surface area (Å²) in [5.74, 6) is -0.224. The van der Waals surface area contributed by atoms with Crippen LogP contribution in [0.3, 0.4) is 0 Å². The molecular weight excluding hydrogens is 295 g/mol. The lowest BCUT2D eigenvalue weighted by Crippen LogP contribution is -2.08. The molecule has 1 rings (SSSR count). The Labute approximate surface area is 118 Å². The van der Waals surface area contributed by atoms with Gasteiger partial charge in [-0.2, -0.15) is 0 Å². The highest BCUT2D eigenvalue weighted by atomic mass is 79.9. The number of rotatable bonds is 8. The summed E-state index contributed by atoms with van der Waals surface area (Å²) in [6.45, 7) is 4.77. The summed E-state index contributed by atoms with van der Waals surface area (Å²) in [4.78, 5) is 0. The molecule has 0 bridgehead atoms. The van der Waals surface area contributed by atoms with Gasteiger partial charge in [-0.3, -0.25) is 0 Å². The Morgan fingerprint density at radius 3 is 2.67 bits per heavy atom. The second-order valence-electron chi connectivity index (χ2n) is 4.75. The molecule has 18 heavy (non-hydrogen) atoms. The molecule has 1 nitrogen and oxygen atoms in total. The summed E-state index contributed by atoms with van der Waals surface area (Å²) in [6, 6.07) is 4.87. The van der Waals surface area contributed by atoms with Gasteiger partial charge in [0.05, 0.1) is 12.7 Å². The lowest BCUT2D eigenvalue weighted by atomic mass is 10.1. The Kier molecular flexibility index (Phi) is 7.52. The summed E-state index contributed by atoms with van der Waals surface area (Å²) >= 11 is 3.28. The van der Waals surface area contributed by atoms with Crippen LogP contribution in [-0.2, 0) is 11.3 Å². The van der Waals surface area contributed by atoms with E-state index in [4.69, 9.17) is 4.74 Å². The number of hydrogen-bond acceptors (Lipinski definition) is 1. The number of benzene rings is 1. The standard InChI is InChI=1S/C15H22BrFO/c1-3-4-5-6-7-12(2)18-11-13-8-14(16)10-15(17)9-13/h8-10,12H,3-7,11H2,1-2H3. The largest absolute Gasteiger partial charge is 0.374 e. The number of hydrogen-bond donors (Lipinski definition) is 0. The van der Waals surface area contributed by atoms with Gasteiger partial charge in [0.15, 0.2) is 0 Å². The van der Waals surface area contributed by atoms with Crippen LogP contribution >= 0.6 is 15.9 Å². The van der Waals surface area contributed by atoms with E-state index in [2.05, 4.69) is 29.8 Å². The van der Waals surface area contributed by atoms with Crippen molar-refractivity contribution in [3.05, 3.63) is 34.1 Å². The van der Waals surface area contributed by atoms with Crippen molar-refractivity contribution in [1.29, 1.82) is 0 Å². The molecule has 0 radical (unpaired) electrons. The zero-order chi connectivity index (χ0) is 13.4. The molecule has 1 aromatic carbocycles. The van der Waals surface area contributed by atoms with Gasteiger partial charge in [-0.25, -0.2) is 4.39 Å². The van der Waals surface area contributed by atoms with Crippen LogP contribution in [0.5, 0.6) is 0 Å². The normalized spacial score (nSPS) is 12.7. The molecule has 0 heterocycles. The number of halogens is 2. The van der Waals surface area contributed by atoms with Gasteiger partial charge in [-0.1, -0.05) is 48.5 Å². The maximum Gasteiger partial charge on any atom is 0.124 e. The molecule has 0 aliphatic heterocycles. The number of ether oxygens (including phenoxy) is 1. The van der Waals surface area contributed by atoms with Crippen LogP contribution in [0.25, 0.3) is 0 Å². The van der Waals surface area contributed by atoms with E-state index < -0.39 is 0 Å². The van der Waals surface area contributed by atoms with Crippen molar-refractivity contribution in [2.75, 3.05) is 0 Å². The van der Waals surface area contributed by atoms with E-state index in [0.29, 0.717) is 6.61 Å². The van der Waals surface area contributed by atoms with Gasteiger partial charge in [0.2, 0.25) is 0 Å². The third-order valence-corrected chi connectivity index (χ3v) is 3.38. The first-order valence-electron chi connectivity index (χ1n) is 6.68. The molecular formula is C15H22BrFO. The molecule has 1 aromatic rings. The van der Waals surface area contributed by atoms with Crippen LogP contribution in [0.1, 0.15) is 51.5 Å². The molecule has 0 saturated carbocycles. The van der Waals surface area contributed by atoms with Gasteiger partial charge in [-0.05, 0) is 37.1 Å². The van der Waals surface area contributed by atoms with Crippen LogP contribution < -0.4 is 0 Å². The third-order valence-electron chi connectivity index (χ3n) is 2.92. The molecule has 0 aliphatic rings. The summed E-state index contributed by atoms with van der Waals surface area (Å²) in [5, 5.41) is 0. The average molecular weight is 317 g/mol. The van der Waals surface area contributed by atoms with Gasteiger partial charge in [0.1, 0.15) is 5.82 Å². The summed E-state index contributed by atoms with van der Waals surface area (Å²) < 4.78 is 19.6. The van der Waals surface area contributed by atoms with E-state index in [1.54, 1.807) is 0 Å². The van der Waals surface area contributed by atoms with E-state index >= 15 is 0 Å². The smallest absolute Gasteiger partial charge is 0.124 e. The van der Waals surface area contributed by atoms with Gasteiger partial charge >= 0.3 is 0 Å². The van der Waals surface area contributed by atoms with E-state index in [0.717, 1.165) is 16.5 Å². The zero-order valence-corrected chi connectivity index (χ0v) is 12.8. The molecule has 1 unspecified atom stereocenters. The fraction of sp³-hybridized carbons (Fsp3) is 0.600. The van der Waals surface area contributed by atoms with Crippen molar-refractivity contribution in [3.8, 4) is 0 Å². The fourth-order valence-electron chi connectivity index (χ4n) is 1.87. The lowest BCUT2D eigenvalue weighted by molar-refractivity contribution is 0.0457. The van der Waals surface area contributed by atoms with Crippen molar-refractivity contribution in [1.82, 2.24) is 0 Å². The third kappa shape index (κ3) is 6.50. The number of unbranched alkanes of at least 4 members (excludes halogenated alkanes) is 3. The van der Waals surface area contributed by atoms with Crippen molar-refractivity contribution in [3.63, 3.8) is 0 Å². The molecule has 0 fully saturated rings. The molecule has 102 valence electrons.